The van der Waals surface area contributed by atoms with Crippen LogP contribution >= 0.6 is 0 Å². The van der Waals surface area contributed by atoms with E-state index in [9.17, 15) is 4.79 Å². The van der Waals surface area contributed by atoms with E-state index in [-0.39, 0.29) is 11.9 Å². The Kier molecular flexibility index (Phi) is 14.4. The van der Waals surface area contributed by atoms with E-state index in [1.807, 2.05) is 0 Å². The Morgan fingerprint density at radius 3 is 1.75 bits per heavy atom. The third kappa shape index (κ3) is 11.3. The summed E-state index contributed by atoms with van der Waals surface area (Å²) in [6.07, 6.45) is 16.1. The molecule has 0 aromatic carbocycles. The average molecular weight is 285 g/mol. The first-order valence-electron chi connectivity index (χ1n) is 8.66. The van der Waals surface area contributed by atoms with Gasteiger partial charge in [0.25, 0.3) is 0 Å². The summed E-state index contributed by atoms with van der Waals surface area (Å²) in [4.78, 5) is 15.8. The fourth-order valence-corrected chi connectivity index (χ4v) is 2.70. The third-order valence-corrected chi connectivity index (χ3v) is 3.99. The van der Waals surface area contributed by atoms with Crippen LogP contribution in [0, 0.1) is 5.92 Å². The number of unbranched alkanes of at least 4 members (excludes halogenated alkanes) is 9. The average Bonchev–Trinajstić information content (AvgIpc) is 2.47. The molecule has 0 radical (unpaired) electrons. The molecule has 0 aliphatic rings. The van der Waals surface area contributed by atoms with Gasteiger partial charge in [0.1, 0.15) is 0 Å². The standard InChI is InChI=1S/C17H35NO2/c1-3-5-6-7-8-9-10-11-12-13-15-16(14-4-2)17(19)20-18/h16H,3-15,18H2,1-2H3. The van der Waals surface area contributed by atoms with Crippen molar-refractivity contribution in [1.82, 2.24) is 0 Å². The zero-order valence-electron chi connectivity index (χ0n) is 13.7. The summed E-state index contributed by atoms with van der Waals surface area (Å²) < 4.78 is 0. The van der Waals surface area contributed by atoms with Gasteiger partial charge in [0.2, 0.25) is 0 Å². The summed E-state index contributed by atoms with van der Waals surface area (Å²) in [5, 5.41) is 0. The van der Waals surface area contributed by atoms with Crippen molar-refractivity contribution in [3.63, 3.8) is 0 Å². The van der Waals surface area contributed by atoms with E-state index in [2.05, 4.69) is 18.7 Å². The second-order valence-electron chi connectivity index (χ2n) is 5.89. The van der Waals surface area contributed by atoms with Gasteiger partial charge < -0.3 is 4.84 Å². The van der Waals surface area contributed by atoms with Crippen LogP contribution in [0.4, 0.5) is 0 Å². The fraction of sp³-hybridized carbons (Fsp3) is 0.941. The van der Waals surface area contributed by atoms with E-state index in [1.54, 1.807) is 0 Å². The van der Waals surface area contributed by atoms with Crippen LogP contribution in [0.3, 0.4) is 0 Å². The number of hydrogen-bond acceptors (Lipinski definition) is 3. The third-order valence-electron chi connectivity index (χ3n) is 3.99. The van der Waals surface area contributed by atoms with Crippen molar-refractivity contribution in [1.29, 1.82) is 0 Å². The van der Waals surface area contributed by atoms with Gasteiger partial charge in [0.15, 0.2) is 0 Å². The Morgan fingerprint density at radius 1 is 0.800 bits per heavy atom. The molecule has 0 aromatic rings. The summed E-state index contributed by atoms with van der Waals surface area (Å²) in [6.45, 7) is 4.35. The molecular weight excluding hydrogens is 250 g/mol. The van der Waals surface area contributed by atoms with Crippen molar-refractivity contribution in [3.8, 4) is 0 Å². The zero-order valence-corrected chi connectivity index (χ0v) is 13.7. The molecule has 0 fully saturated rings. The molecule has 20 heavy (non-hydrogen) atoms. The molecule has 2 N–H and O–H groups in total. The van der Waals surface area contributed by atoms with Gasteiger partial charge in [-0.1, -0.05) is 84.5 Å². The number of hydrogen-bond donors (Lipinski definition) is 1. The van der Waals surface area contributed by atoms with Gasteiger partial charge in [-0.2, -0.15) is 5.90 Å². The van der Waals surface area contributed by atoms with Crippen LogP contribution in [-0.2, 0) is 9.63 Å². The van der Waals surface area contributed by atoms with Gasteiger partial charge in [-0.3, -0.25) is 4.79 Å². The molecule has 1 atom stereocenters. The minimum Gasteiger partial charge on any atom is -0.373 e. The lowest BCUT2D eigenvalue weighted by atomic mass is 9.96. The summed E-state index contributed by atoms with van der Waals surface area (Å²) in [7, 11) is 0. The van der Waals surface area contributed by atoms with Crippen LogP contribution in [-0.4, -0.2) is 5.97 Å². The molecule has 0 saturated carbocycles. The van der Waals surface area contributed by atoms with Gasteiger partial charge in [-0.15, -0.1) is 0 Å². The first kappa shape index (κ1) is 19.4. The fourth-order valence-electron chi connectivity index (χ4n) is 2.70. The molecule has 3 nitrogen and oxygen atoms in total. The molecule has 0 bridgehead atoms. The van der Waals surface area contributed by atoms with E-state index < -0.39 is 0 Å². The molecule has 3 heteroatoms. The van der Waals surface area contributed by atoms with Crippen LogP contribution in [0.2, 0.25) is 0 Å². The first-order valence-corrected chi connectivity index (χ1v) is 8.66. The Balaban J connectivity index is 3.38. The van der Waals surface area contributed by atoms with Crippen LogP contribution in [0.1, 0.15) is 97.3 Å². The minimum absolute atomic E-state index is 0.0130. The lowest BCUT2D eigenvalue weighted by molar-refractivity contribution is -0.149. The van der Waals surface area contributed by atoms with Crippen LogP contribution in [0.25, 0.3) is 0 Å². The number of carbonyl (C=O) groups is 1. The molecule has 0 heterocycles. The van der Waals surface area contributed by atoms with Crippen LogP contribution in [0.5, 0.6) is 0 Å². The molecule has 0 spiro atoms. The van der Waals surface area contributed by atoms with Crippen molar-refractivity contribution in [2.45, 2.75) is 97.3 Å². The minimum atomic E-state index is -0.234. The van der Waals surface area contributed by atoms with E-state index in [0.717, 1.165) is 25.7 Å². The maximum absolute atomic E-state index is 11.4. The maximum Gasteiger partial charge on any atom is 0.327 e. The van der Waals surface area contributed by atoms with E-state index in [0.29, 0.717) is 0 Å². The predicted octanol–water partition coefficient (Wildman–Crippen LogP) is 5.13. The first-order chi connectivity index (χ1) is 9.76. The molecule has 0 aliphatic heterocycles. The van der Waals surface area contributed by atoms with E-state index in [1.165, 1.54) is 57.8 Å². The molecule has 0 aliphatic carbocycles. The molecule has 120 valence electrons. The van der Waals surface area contributed by atoms with Gasteiger partial charge in [0, 0.05) is 0 Å². The molecular formula is C17H35NO2. The second kappa shape index (κ2) is 14.8. The largest absolute Gasteiger partial charge is 0.373 e. The van der Waals surface area contributed by atoms with Crippen molar-refractivity contribution >= 4 is 5.97 Å². The summed E-state index contributed by atoms with van der Waals surface area (Å²) in [5.41, 5.74) is 0. The number of rotatable bonds is 14. The van der Waals surface area contributed by atoms with Crippen molar-refractivity contribution in [3.05, 3.63) is 0 Å². The van der Waals surface area contributed by atoms with Crippen LogP contribution < -0.4 is 5.90 Å². The van der Waals surface area contributed by atoms with Gasteiger partial charge >= 0.3 is 5.97 Å². The lowest BCUT2D eigenvalue weighted by Crippen LogP contribution is -2.20. The molecule has 0 rings (SSSR count). The monoisotopic (exact) mass is 285 g/mol. The van der Waals surface area contributed by atoms with Gasteiger partial charge in [-0.25, -0.2) is 0 Å². The van der Waals surface area contributed by atoms with Crippen molar-refractivity contribution in [2.75, 3.05) is 0 Å². The summed E-state index contributed by atoms with van der Waals surface area (Å²) >= 11 is 0. The van der Waals surface area contributed by atoms with Gasteiger partial charge in [0.05, 0.1) is 5.92 Å². The highest BCUT2D eigenvalue weighted by Gasteiger charge is 2.17. The van der Waals surface area contributed by atoms with Crippen molar-refractivity contribution < 1.29 is 9.63 Å². The molecule has 0 saturated heterocycles. The Hall–Kier alpha value is -0.570. The SMILES string of the molecule is CCCCCCCCCCCCC(CCC)C(=O)ON. The van der Waals surface area contributed by atoms with Gasteiger partial charge in [-0.05, 0) is 12.8 Å². The second-order valence-corrected chi connectivity index (χ2v) is 5.89. The summed E-state index contributed by atoms with van der Waals surface area (Å²) in [6, 6.07) is 0. The molecule has 1 unspecified atom stereocenters. The molecule has 0 aromatic heterocycles. The summed E-state index contributed by atoms with van der Waals surface area (Å²) in [5.74, 6) is 4.75. The number of carbonyl (C=O) groups excluding carboxylic acids is 1. The van der Waals surface area contributed by atoms with Crippen LogP contribution in [0.15, 0.2) is 0 Å². The highest BCUT2D eigenvalue weighted by Crippen LogP contribution is 2.18. The Bertz CT molecular complexity index is 219. The molecule has 0 amide bonds. The topological polar surface area (TPSA) is 52.3 Å². The van der Waals surface area contributed by atoms with Crippen molar-refractivity contribution in [2.24, 2.45) is 11.8 Å². The maximum atomic E-state index is 11.4. The lowest BCUT2D eigenvalue weighted by Gasteiger charge is -2.12. The smallest absolute Gasteiger partial charge is 0.327 e. The number of nitrogens with two attached hydrogens (primary N) is 1. The predicted molar refractivity (Wildman–Crippen MR) is 85.1 cm³/mol. The highest BCUT2D eigenvalue weighted by atomic mass is 16.7. The Labute approximate surface area is 125 Å². The highest BCUT2D eigenvalue weighted by molar-refractivity contribution is 5.71. The Morgan fingerprint density at radius 2 is 1.30 bits per heavy atom. The van der Waals surface area contributed by atoms with E-state index in [4.69, 9.17) is 5.90 Å². The normalized spacial score (nSPS) is 12.3. The zero-order chi connectivity index (χ0) is 15.1. The van der Waals surface area contributed by atoms with E-state index >= 15 is 0 Å². The quantitative estimate of drug-likeness (QED) is 0.355.